The number of rotatable bonds is 6. The molecule has 1 aliphatic rings. The van der Waals surface area contributed by atoms with Crippen LogP contribution in [0.2, 0.25) is 5.02 Å². The molecule has 0 amide bonds. The van der Waals surface area contributed by atoms with Gasteiger partial charge in [0.15, 0.2) is 5.16 Å². The zero-order valence-electron chi connectivity index (χ0n) is 11.2. The van der Waals surface area contributed by atoms with E-state index < -0.39 is 5.97 Å². The lowest BCUT2D eigenvalue weighted by Crippen LogP contribution is -2.08. The van der Waals surface area contributed by atoms with Gasteiger partial charge in [-0.15, -0.1) is 10.2 Å². The van der Waals surface area contributed by atoms with Crippen LogP contribution in [0.1, 0.15) is 30.1 Å². The molecule has 3 rings (SSSR count). The Bertz CT molecular complexity index is 670. The number of thioether (sulfide) groups is 1. The normalized spacial score (nSPS) is 14.3. The first kappa shape index (κ1) is 14.4. The van der Waals surface area contributed by atoms with E-state index in [0.717, 1.165) is 24.2 Å². The quantitative estimate of drug-likeness (QED) is 0.828. The van der Waals surface area contributed by atoms with Crippen molar-refractivity contribution in [1.82, 2.24) is 14.8 Å². The molecule has 1 heterocycles. The smallest absolute Gasteiger partial charge is 0.313 e. The first-order valence-electron chi connectivity index (χ1n) is 6.66. The summed E-state index contributed by atoms with van der Waals surface area (Å²) in [4.78, 5) is 10.7. The van der Waals surface area contributed by atoms with Gasteiger partial charge < -0.3 is 9.67 Å². The van der Waals surface area contributed by atoms with Crippen LogP contribution in [0.4, 0.5) is 0 Å². The van der Waals surface area contributed by atoms with E-state index in [1.54, 1.807) is 0 Å². The standard InChI is InChI=1S/C14H14ClN3O2S/c15-11-4-2-1-3-10(11)7-18-13(9-5-6-9)16-17-14(18)21-8-12(19)20/h1-4,9H,5-8H2,(H,19,20). The Labute approximate surface area is 131 Å². The van der Waals surface area contributed by atoms with Gasteiger partial charge in [-0.2, -0.15) is 0 Å². The zero-order chi connectivity index (χ0) is 14.8. The molecule has 0 spiro atoms. The number of halogens is 1. The van der Waals surface area contributed by atoms with E-state index in [-0.39, 0.29) is 5.75 Å². The molecule has 0 saturated heterocycles. The summed E-state index contributed by atoms with van der Waals surface area (Å²) in [6, 6.07) is 7.64. The van der Waals surface area contributed by atoms with E-state index in [0.29, 0.717) is 22.6 Å². The van der Waals surface area contributed by atoms with Crippen LogP contribution in [0.3, 0.4) is 0 Å². The zero-order valence-corrected chi connectivity index (χ0v) is 12.8. The van der Waals surface area contributed by atoms with Crippen molar-refractivity contribution in [3.63, 3.8) is 0 Å². The molecule has 0 aliphatic heterocycles. The second kappa shape index (κ2) is 6.07. The molecule has 1 saturated carbocycles. The van der Waals surface area contributed by atoms with Gasteiger partial charge in [-0.1, -0.05) is 41.6 Å². The van der Waals surface area contributed by atoms with Crippen molar-refractivity contribution in [3.05, 3.63) is 40.7 Å². The Morgan fingerprint density at radius 2 is 2.14 bits per heavy atom. The summed E-state index contributed by atoms with van der Waals surface area (Å²) in [7, 11) is 0. The van der Waals surface area contributed by atoms with Crippen LogP contribution in [-0.2, 0) is 11.3 Å². The van der Waals surface area contributed by atoms with Crippen molar-refractivity contribution < 1.29 is 9.90 Å². The highest BCUT2D eigenvalue weighted by molar-refractivity contribution is 7.99. The molecule has 2 aromatic rings. The Morgan fingerprint density at radius 3 is 2.81 bits per heavy atom. The predicted octanol–water partition coefficient (Wildman–Crippen LogP) is 3.03. The Balaban J connectivity index is 1.89. The highest BCUT2D eigenvalue weighted by atomic mass is 35.5. The molecule has 0 radical (unpaired) electrons. The number of hydrogen-bond donors (Lipinski definition) is 1. The van der Waals surface area contributed by atoms with Crippen molar-refractivity contribution in [3.8, 4) is 0 Å². The first-order chi connectivity index (χ1) is 10.1. The molecule has 0 unspecified atom stereocenters. The van der Waals surface area contributed by atoms with Crippen molar-refractivity contribution >= 4 is 29.3 Å². The number of aliphatic carboxylic acids is 1. The maximum absolute atomic E-state index is 10.7. The van der Waals surface area contributed by atoms with Crippen molar-refractivity contribution in [2.75, 3.05) is 5.75 Å². The van der Waals surface area contributed by atoms with Crippen LogP contribution in [-0.4, -0.2) is 31.6 Å². The first-order valence-corrected chi connectivity index (χ1v) is 8.02. The van der Waals surface area contributed by atoms with Gasteiger partial charge in [0.25, 0.3) is 0 Å². The molecular weight excluding hydrogens is 310 g/mol. The average molecular weight is 324 g/mol. The van der Waals surface area contributed by atoms with Crippen LogP contribution in [0.5, 0.6) is 0 Å². The minimum absolute atomic E-state index is 0.0225. The fourth-order valence-corrected chi connectivity index (χ4v) is 2.98. The molecular formula is C14H14ClN3O2S. The van der Waals surface area contributed by atoms with Gasteiger partial charge in [0.2, 0.25) is 0 Å². The van der Waals surface area contributed by atoms with E-state index >= 15 is 0 Å². The second-order valence-electron chi connectivity index (χ2n) is 4.98. The summed E-state index contributed by atoms with van der Waals surface area (Å²) in [6.07, 6.45) is 2.23. The lowest BCUT2D eigenvalue weighted by molar-refractivity contribution is -0.133. The molecule has 1 N–H and O–H groups in total. The second-order valence-corrected chi connectivity index (χ2v) is 6.32. The van der Waals surface area contributed by atoms with Crippen LogP contribution in [0.15, 0.2) is 29.4 Å². The van der Waals surface area contributed by atoms with Gasteiger partial charge in [-0.25, -0.2) is 0 Å². The summed E-state index contributed by atoms with van der Waals surface area (Å²) in [5.41, 5.74) is 0.984. The van der Waals surface area contributed by atoms with Crippen LogP contribution in [0, 0.1) is 0 Å². The maximum Gasteiger partial charge on any atom is 0.313 e. The van der Waals surface area contributed by atoms with Crippen LogP contribution >= 0.6 is 23.4 Å². The molecule has 5 nitrogen and oxygen atoms in total. The third kappa shape index (κ3) is 3.39. The van der Waals surface area contributed by atoms with Gasteiger partial charge in [-0.05, 0) is 24.5 Å². The van der Waals surface area contributed by atoms with Crippen molar-refractivity contribution in [2.24, 2.45) is 0 Å². The van der Waals surface area contributed by atoms with E-state index in [9.17, 15) is 4.79 Å². The van der Waals surface area contributed by atoms with E-state index in [4.69, 9.17) is 16.7 Å². The van der Waals surface area contributed by atoms with Crippen molar-refractivity contribution in [2.45, 2.75) is 30.5 Å². The average Bonchev–Trinajstić information content (AvgIpc) is 3.22. The Hall–Kier alpha value is -1.53. The van der Waals surface area contributed by atoms with Gasteiger partial charge in [-0.3, -0.25) is 4.79 Å². The monoisotopic (exact) mass is 323 g/mol. The van der Waals surface area contributed by atoms with E-state index in [1.165, 1.54) is 11.8 Å². The summed E-state index contributed by atoms with van der Waals surface area (Å²) in [6.45, 7) is 0.570. The number of carboxylic acid groups (broad SMARTS) is 1. The number of carbonyl (C=O) groups is 1. The maximum atomic E-state index is 10.7. The fourth-order valence-electron chi connectivity index (χ4n) is 2.12. The third-order valence-corrected chi connectivity index (χ3v) is 4.62. The largest absolute Gasteiger partial charge is 0.481 e. The molecule has 1 aromatic heterocycles. The molecule has 1 aliphatic carbocycles. The van der Waals surface area contributed by atoms with Gasteiger partial charge in [0, 0.05) is 10.9 Å². The fraction of sp³-hybridized carbons (Fsp3) is 0.357. The number of benzene rings is 1. The lowest BCUT2D eigenvalue weighted by atomic mass is 10.2. The minimum Gasteiger partial charge on any atom is -0.481 e. The van der Waals surface area contributed by atoms with Crippen LogP contribution in [0.25, 0.3) is 0 Å². The summed E-state index contributed by atoms with van der Waals surface area (Å²) in [5.74, 6) is 0.493. The number of hydrogen-bond acceptors (Lipinski definition) is 4. The van der Waals surface area contributed by atoms with Gasteiger partial charge in [0.1, 0.15) is 5.82 Å². The van der Waals surface area contributed by atoms with Gasteiger partial charge in [0.05, 0.1) is 12.3 Å². The molecule has 7 heteroatoms. The molecule has 110 valence electrons. The molecule has 1 aromatic carbocycles. The Kier molecular flexibility index (Phi) is 4.17. The lowest BCUT2D eigenvalue weighted by Gasteiger charge is -2.10. The highest BCUT2D eigenvalue weighted by Gasteiger charge is 2.30. The third-order valence-electron chi connectivity index (χ3n) is 3.30. The highest BCUT2D eigenvalue weighted by Crippen LogP contribution is 2.40. The number of aromatic nitrogens is 3. The SMILES string of the molecule is O=C(O)CSc1nnc(C2CC2)n1Cc1ccccc1Cl. The molecule has 1 fully saturated rings. The van der Waals surface area contributed by atoms with Crippen LogP contribution < -0.4 is 0 Å². The molecule has 21 heavy (non-hydrogen) atoms. The summed E-state index contributed by atoms with van der Waals surface area (Å²) >= 11 is 7.41. The predicted molar refractivity (Wildman–Crippen MR) is 80.9 cm³/mol. The van der Waals surface area contributed by atoms with Crippen molar-refractivity contribution in [1.29, 1.82) is 0 Å². The topological polar surface area (TPSA) is 68.0 Å². The summed E-state index contributed by atoms with van der Waals surface area (Å²) in [5, 5.41) is 18.5. The molecule has 0 atom stereocenters. The molecule has 0 bridgehead atoms. The van der Waals surface area contributed by atoms with E-state index in [1.807, 2.05) is 28.8 Å². The number of nitrogens with zero attached hydrogens (tertiary/aromatic N) is 3. The minimum atomic E-state index is -0.861. The summed E-state index contributed by atoms with van der Waals surface area (Å²) < 4.78 is 1.99. The Morgan fingerprint density at radius 1 is 1.38 bits per heavy atom. The van der Waals surface area contributed by atoms with E-state index in [2.05, 4.69) is 10.2 Å². The number of carboxylic acids is 1. The van der Waals surface area contributed by atoms with Gasteiger partial charge >= 0.3 is 5.97 Å².